The van der Waals surface area contributed by atoms with Crippen LogP contribution in [0.3, 0.4) is 0 Å². The highest BCUT2D eigenvalue weighted by Crippen LogP contribution is 2.33. The van der Waals surface area contributed by atoms with Crippen LogP contribution >= 0.6 is 0 Å². The molecule has 2 amide bonds. The lowest BCUT2D eigenvalue weighted by atomic mass is 10.1. The fourth-order valence-electron chi connectivity index (χ4n) is 2.77. The Morgan fingerprint density at radius 1 is 1.17 bits per heavy atom. The summed E-state index contributed by atoms with van der Waals surface area (Å²) in [6, 6.07) is 10.7. The second-order valence-corrected chi connectivity index (χ2v) is 6.23. The smallest absolute Gasteiger partial charge is 0.243 e. The highest BCUT2D eigenvalue weighted by atomic mass is 16.5. The first-order valence-electron chi connectivity index (χ1n) is 8.93. The van der Waals surface area contributed by atoms with Crippen LogP contribution in [0, 0.1) is 12.3 Å². The minimum absolute atomic E-state index is 0.108. The molecule has 0 spiro atoms. The van der Waals surface area contributed by atoms with Gasteiger partial charge >= 0.3 is 0 Å². The molecule has 0 aliphatic carbocycles. The van der Waals surface area contributed by atoms with Crippen LogP contribution in [0.25, 0.3) is 10.9 Å². The number of hydrogen-bond donors (Lipinski definition) is 4. The highest BCUT2D eigenvalue weighted by molar-refractivity contribution is 6.00. The number of carbonyl (C=O) groups excluding carboxylic acids is 2. The zero-order valence-electron chi connectivity index (χ0n) is 16.1. The Hall–Kier alpha value is -4.16. The molecule has 0 atom stereocenters. The molecule has 0 aliphatic rings. The highest BCUT2D eigenvalue weighted by Gasteiger charge is 2.14. The van der Waals surface area contributed by atoms with Gasteiger partial charge in [-0.25, -0.2) is 15.4 Å². The molecule has 1 heterocycles. The monoisotopic (exact) mass is 405 g/mol. The van der Waals surface area contributed by atoms with Crippen molar-refractivity contribution in [2.24, 2.45) is 0 Å². The molecule has 0 aliphatic heterocycles. The molecule has 9 heteroatoms. The normalized spacial score (nSPS) is 10.2. The molecule has 0 unspecified atom stereocenters. The van der Waals surface area contributed by atoms with Gasteiger partial charge in [0.05, 0.1) is 18.3 Å². The first kappa shape index (κ1) is 20.6. The number of aromatic nitrogens is 2. The van der Waals surface area contributed by atoms with Crippen LogP contribution in [-0.4, -0.2) is 34.1 Å². The fourth-order valence-corrected chi connectivity index (χ4v) is 2.77. The van der Waals surface area contributed by atoms with Crippen LogP contribution in [0.2, 0.25) is 0 Å². The fraction of sp³-hybridized carbons (Fsp3) is 0.143. The van der Waals surface area contributed by atoms with Crippen molar-refractivity contribution < 1.29 is 19.5 Å². The van der Waals surface area contributed by atoms with E-state index >= 15 is 0 Å². The number of carbonyl (C=O) groups is 2. The van der Waals surface area contributed by atoms with E-state index in [1.165, 1.54) is 18.9 Å². The van der Waals surface area contributed by atoms with Crippen molar-refractivity contribution in [3.05, 3.63) is 48.3 Å². The maximum absolute atomic E-state index is 12.2. The lowest BCUT2D eigenvalue weighted by molar-refractivity contribution is -0.131. The number of anilines is 3. The number of rotatable bonds is 7. The lowest BCUT2D eigenvalue weighted by Crippen LogP contribution is -2.21. The van der Waals surface area contributed by atoms with Gasteiger partial charge < -0.3 is 15.4 Å². The van der Waals surface area contributed by atoms with E-state index in [2.05, 4.69) is 26.5 Å². The zero-order valence-corrected chi connectivity index (χ0v) is 16.1. The molecule has 1 aromatic heterocycles. The Morgan fingerprint density at radius 3 is 2.70 bits per heavy atom. The molecule has 3 rings (SSSR count). The van der Waals surface area contributed by atoms with Crippen molar-refractivity contribution in [2.45, 2.75) is 12.8 Å². The van der Waals surface area contributed by atoms with Crippen LogP contribution in [0.5, 0.6) is 5.75 Å². The summed E-state index contributed by atoms with van der Waals surface area (Å²) < 4.78 is 5.35. The lowest BCUT2D eigenvalue weighted by Gasteiger charge is -2.14. The molecule has 4 N–H and O–H groups in total. The SMILES string of the molecule is C#Cc1cccc(Nc2ncnc3cc(OC)c(NC(=O)CCC(=O)NO)cc23)c1. The van der Waals surface area contributed by atoms with E-state index in [-0.39, 0.29) is 12.8 Å². The number of nitrogens with one attached hydrogen (secondary N) is 3. The van der Waals surface area contributed by atoms with E-state index in [9.17, 15) is 9.59 Å². The number of hydrogen-bond acceptors (Lipinski definition) is 7. The summed E-state index contributed by atoms with van der Waals surface area (Å²) in [6.07, 6.45) is 6.61. The number of ether oxygens (including phenoxy) is 1. The third-order valence-corrected chi connectivity index (χ3v) is 4.23. The number of hydroxylamine groups is 1. The van der Waals surface area contributed by atoms with Gasteiger partial charge in [0.15, 0.2) is 0 Å². The third-order valence-electron chi connectivity index (χ3n) is 4.23. The van der Waals surface area contributed by atoms with Crippen LogP contribution in [0.4, 0.5) is 17.2 Å². The number of nitrogens with zero attached hydrogens (tertiary/aromatic N) is 2. The Kier molecular flexibility index (Phi) is 6.42. The number of fused-ring (bicyclic) bond motifs is 1. The van der Waals surface area contributed by atoms with Crippen molar-refractivity contribution in [3.63, 3.8) is 0 Å². The summed E-state index contributed by atoms with van der Waals surface area (Å²) in [6.45, 7) is 0. The van der Waals surface area contributed by atoms with E-state index < -0.39 is 11.8 Å². The molecule has 0 bridgehead atoms. The number of terminal acetylenes is 1. The molecule has 0 radical (unpaired) electrons. The number of benzene rings is 2. The predicted octanol–water partition coefficient (Wildman–Crippen LogP) is 2.59. The zero-order chi connectivity index (χ0) is 21.5. The molecular formula is C21H19N5O4. The molecule has 9 nitrogen and oxygen atoms in total. The van der Waals surface area contributed by atoms with Gasteiger partial charge in [-0.15, -0.1) is 6.42 Å². The predicted molar refractivity (Wildman–Crippen MR) is 112 cm³/mol. The quantitative estimate of drug-likeness (QED) is 0.270. The number of amides is 2. The van der Waals surface area contributed by atoms with E-state index in [0.717, 1.165) is 11.3 Å². The largest absolute Gasteiger partial charge is 0.494 e. The van der Waals surface area contributed by atoms with E-state index in [4.69, 9.17) is 16.4 Å². The van der Waals surface area contributed by atoms with Gasteiger partial charge in [-0.3, -0.25) is 14.8 Å². The standard InChI is InChI=1S/C21H19N5O4/c1-3-13-5-4-6-14(9-13)24-21-15-10-17(25-19(27)7-8-20(28)26-29)18(30-2)11-16(15)22-12-23-21/h1,4-6,9-12,29H,7-8H2,2H3,(H,25,27)(H,26,28)(H,22,23,24). The van der Waals surface area contributed by atoms with Gasteiger partial charge in [0.2, 0.25) is 11.8 Å². The van der Waals surface area contributed by atoms with Gasteiger partial charge in [-0.05, 0) is 24.3 Å². The topological polar surface area (TPSA) is 125 Å². The average molecular weight is 405 g/mol. The summed E-state index contributed by atoms with van der Waals surface area (Å²) in [5, 5.41) is 15.1. The Bertz CT molecular complexity index is 1140. The van der Waals surface area contributed by atoms with Gasteiger partial charge in [0.25, 0.3) is 0 Å². The van der Waals surface area contributed by atoms with Crippen molar-refractivity contribution in [1.82, 2.24) is 15.4 Å². The van der Waals surface area contributed by atoms with E-state index in [0.29, 0.717) is 28.2 Å². The van der Waals surface area contributed by atoms with E-state index in [1.807, 2.05) is 24.3 Å². The first-order valence-corrected chi connectivity index (χ1v) is 8.93. The molecule has 3 aromatic rings. The summed E-state index contributed by atoms with van der Waals surface area (Å²) in [7, 11) is 1.47. The average Bonchev–Trinajstić information content (AvgIpc) is 2.77. The summed E-state index contributed by atoms with van der Waals surface area (Å²) in [5.41, 5.74) is 3.97. The Labute approximate surface area is 172 Å². The third kappa shape index (κ3) is 4.81. The second kappa shape index (κ2) is 9.36. The second-order valence-electron chi connectivity index (χ2n) is 6.23. The van der Waals surface area contributed by atoms with Gasteiger partial charge in [0.1, 0.15) is 17.9 Å². The minimum atomic E-state index is -0.648. The Balaban J connectivity index is 1.92. The van der Waals surface area contributed by atoms with Crippen molar-refractivity contribution in [2.75, 3.05) is 17.7 Å². The maximum atomic E-state index is 12.2. The van der Waals surface area contributed by atoms with Crippen LogP contribution < -0.4 is 20.9 Å². The van der Waals surface area contributed by atoms with Gasteiger partial charge in [-0.2, -0.15) is 0 Å². The maximum Gasteiger partial charge on any atom is 0.243 e. The van der Waals surface area contributed by atoms with Crippen molar-refractivity contribution in [1.29, 1.82) is 0 Å². The first-order chi connectivity index (χ1) is 14.5. The van der Waals surface area contributed by atoms with Crippen molar-refractivity contribution in [3.8, 4) is 18.1 Å². The summed E-state index contributed by atoms with van der Waals surface area (Å²) in [5.74, 6) is 2.44. The van der Waals surface area contributed by atoms with E-state index in [1.54, 1.807) is 12.1 Å². The summed E-state index contributed by atoms with van der Waals surface area (Å²) in [4.78, 5) is 31.9. The number of methoxy groups -OCH3 is 1. The molecular weight excluding hydrogens is 386 g/mol. The Morgan fingerprint density at radius 2 is 1.97 bits per heavy atom. The molecule has 2 aromatic carbocycles. The van der Waals surface area contributed by atoms with Gasteiger partial charge in [-0.1, -0.05) is 12.0 Å². The molecule has 0 fully saturated rings. The van der Waals surface area contributed by atoms with Crippen LogP contribution in [0.1, 0.15) is 18.4 Å². The molecule has 0 saturated carbocycles. The van der Waals surface area contributed by atoms with Crippen molar-refractivity contribution >= 4 is 39.9 Å². The van der Waals surface area contributed by atoms with Gasteiger partial charge in [0, 0.05) is 35.5 Å². The summed E-state index contributed by atoms with van der Waals surface area (Å²) >= 11 is 0. The van der Waals surface area contributed by atoms with Crippen LogP contribution in [-0.2, 0) is 9.59 Å². The molecule has 152 valence electrons. The minimum Gasteiger partial charge on any atom is -0.494 e. The van der Waals surface area contributed by atoms with Crippen LogP contribution in [0.15, 0.2) is 42.7 Å². The molecule has 0 saturated heterocycles. The molecule has 30 heavy (non-hydrogen) atoms.